The van der Waals surface area contributed by atoms with E-state index in [2.05, 4.69) is 15.9 Å². The summed E-state index contributed by atoms with van der Waals surface area (Å²) in [5, 5.41) is 2.28. The van der Waals surface area contributed by atoms with Gasteiger partial charge in [0.2, 0.25) is 5.78 Å². The lowest BCUT2D eigenvalue weighted by molar-refractivity contribution is 0.104. The Hall–Kier alpha value is -0.880. The van der Waals surface area contributed by atoms with E-state index < -0.39 is 0 Å². The number of methoxy groups -OCH3 is 1. The van der Waals surface area contributed by atoms with Gasteiger partial charge in [-0.05, 0) is 45.6 Å². The highest BCUT2D eigenvalue weighted by Gasteiger charge is 2.15. The number of halogens is 2. The number of thiophene rings is 1. The fourth-order valence-electron chi connectivity index (χ4n) is 1.58. The van der Waals surface area contributed by atoms with Gasteiger partial charge < -0.3 is 9.47 Å². The molecule has 106 valence electrons. The van der Waals surface area contributed by atoms with Crippen molar-refractivity contribution < 1.29 is 14.3 Å². The Morgan fingerprint density at radius 3 is 2.75 bits per heavy atom. The van der Waals surface area contributed by atoms with Gasteiger partial charge in [0.15, 0.2) is 0 Å². The molecule has 0 aliphatic heterocycles. The van der Waals surface area contributed by atoms with Gasteiger partial charge in [0, 0.05) is 12.7 Å². The van der Waals surface area contributed by atoms with E-state index in [4.69, 9.17) is 21.1 Å². The highest BCUT2D eigenvalue weighted by atomic mass is 79.9. The third-order valence-corrected chi connectivity index (χ3v) is 4.52. The molecule has 0 aliphatic carbocycles. The first-order valence-corrected chi connectivity index (χ1v) is 7.87. The topological polar surface area (TPSA) is 35.5 Å². The summed E-state index contributed by atoms with van der Waals surface area (Å²) < 4.78 is 11.2. The average Bonchev–Trinajstić information content (AvgIpc) is 2.86. The molecule has 1 heterocycles. The molecule has 1 aromatic carbocycles. The van der Waals surface area contributed by atoms with Crippen molar-refractivity contribution in [1.82, 2.24) is 0 Å². The Labute approximate surface area is 134 Å². The van der Waals surface area contributed by atoms with Crippen LogP contribution in [0.15, 0.2) is 34.1 Å². The fraction of sp³-hybridized carbons (Fsp3) is 0.214. The summed E-state index contributed by atoms with van der Waals surface area (Å²) in [6.07, 6.45) is 0. The molecule has 0 saturated heterocycles. The highest BCUT2D eigenvalue weighted by Crippen LogP contribution is 2.30. The second-order valence-electron chi connectivity index (χ2n) is 3.91. The molecule has 2 aromatic rings. The van der Waals surface area contributed by atoms with Crippen LogP contribution in [0.2, 0.25) is 5.02 Å². The summed E-state index contributed by atoms with van der Waals surface area (Å²) in [4.78, 5) is 12.8. The molecular formula is C14H12BrClO3S. The molecule has 20 heavy (non-hydrogen) atoms. The maximum Gasteiger partial charge on any atom is 0.204 e. The van der Waals surface area contributed by atoms with Crippen LogP contribution in [0.3, 0.4) is 0 Å². The summed E-state index contributed by atoms with van der Waals surface area (Å²) in [7, 11) is 1.62. The van der Waals surface area contributed by atoms with Crippen LogP contribution in [0.4, 0.5) is 0 Å². The lowest BCUT2D eigenvalue weighted by atomic mass is 10.1. The minimum atomic E-state index is -0.0888. The third kappa shape index (κ3) is 3.61. The summed E-state index contributed by atoms with van der Waals surface area (Å²) in [5.41, 5.74) is 0.570. The number of hydrogen-bond acceptors (Lipinski definition) is 4. The zero-order valence-corrected chi connectivity index (χ0v) is 13.8. The second-order valence-corrected chi connectivity index (χ2v) is 6.09. The zero-order valence-electron chi connectivity index (χ0n) is 10.7. The quantitative estimate of drug-likeness (QED) is 0.554. The van der Waals surface area contributed by atoms with Gasteiger partial charge in [-0.25, -0.2) is 0 Å². The molecule has 0 saturated carbocycles. The first-order chi connectivity index (χ1) is 9.63. The van der Waals surface area contributed by atoms with Gasteiger partial charge >= 0.3 is 0 Å². The fourth-order valence-corrected chi connectivity index (χ4v) is 3.18. The maximum atomic E-state index is 12.3. The first-order valence-electron chi connectivity index (χ1n) is 5.82. The Bertz CT molecular complexity index is 612. The number of rotatable bonds is 6. The molecule has 3 nitrogen and oxygen atoms in total. The van der Waals surface area contributed by atoms with E-state index >= 15 is 0 Å². The number of carbonyl (C=O) groups is 1. The molecule has 6 heteroatoms. The van der Waals surface area contributed by atoms with Crippen LogP contribution in [0.1, 0.15) is 15.2 Å². The van der Waals surface area contributed by atoms with E-state index in [9.17, 15) is 4.79 Å². The van der Waals surface area contributed by atoms with Crippen molar-refractivity contribution in [3.8, 4) is 5.75 Å². The van der Waals surface area contributed by atoms with Gasteiger partial charge in [0.05, 0.1) is 21.0 Å². The molecule has 0 bridgehead atoms. The average molecular weight is 376 g/mol. The van der Waals surface area contributed by atoms with Crippen LogP contribution in [-0.2, 0) is 4.74 Å². The van der Waals surface area contributed by atoms with E-state index in [-0.39, 0.29) is 5.78 Å². The zero-order chi connectivity index (χ0) is 14.5. The van der Waals surface area contributed by atoms with Crippen molar-refractivity contribution in [2.75, 3.05) is 20.3 Å². The van der Waals surface area contributed by atoms with Crippen LogP contribution >= 0.6 is 38.9 Å². The number of benzene rings is 1. The van der Waals surface area contributed by atoms with Gasteiger partial charge in [-0.1, -0.05) is 11.6 Å². The van der Waals surface area contributed by atoms with Crippen LogP contribution in [0.25, 0.3) is 0 Å². The molecule has 0 fully saturated rings. The maximum absolute atomic E-state index is 12.3. The Balaban J connectivity index is 2.16. The molecular weight excluding hydrogens is 364 g/mol. The van der Waals surface area contributed by atoms with Gasteiger partial charge in [0.1, 0.15) is 12.4 Å². The predicted molar refractivity (Wildman–Crippen MR) is 84.3 cm³/mol. The van der Waals surface area contributed by atoms with E-state index in [0.29, 0.717) is 34.4 Å². The van der Waals surface area contributed by atoms with Gasteiger partial charge in [-0.3, -0.25) is 4.79 Å². The van der Waals surface area contributed by atoms with E-state index in [0.717, 1.165) is 4.47 Å². The smallest absolute Gasteiger partial charge is 0.204 e. The molecule has 0 unspecified atom stereocenters. The van der Waals surface area contributed by atoms with Gasteiger partial charge in [0.25, 0.3) is 0 Å². The minimum Gasteiger partial charge on any atom is -0.490 e. The van der Waals surface area contributed by atoms with Crippen molar-refractivity contribution in [1.29, 1.82) is 0 Å². The Kier molecular flexibility index (Phi) is 5.60. The van der Waals surface area contributed by atoms with Crippen LogP contribution < -0.4 is 4.74 Å². The van der Waals surface area contributed by atoms with Crippen molar-refractivity contribution in [2.24, 2.45) is 0 Å². The van der Waals surface area contributed by atoms with Crippen LogP contribution in [0, 0.1) is 0 Å². The molecule has 0 radical (unpaired) electrons. The van der Waals surface area contributed by atoms with Crippen LogP contribution in [-0.4, -0.2) is 26.1 Å². The molecule has 1 aromatic heterocycles. The van der Waals surface area contributed by atoms with Crippen molar-refractivity contribution in [2.45, 2.75) is 0 Å². The highest BCUT2D eigenvalue weighted by molar-refractivity contribution is 9.10. The predicted octanol–water partition coefficient (Wildman–Crippen LogP) is 4.42. The van der Waals surface area contributed by atoms with Crippen LogP contribution in [0.5, 0.6) is 5.75 Å². The molecule has 0 spiro atoms. The molecule has 0 N–H and O–H groups in total. The number of carbonyl (C=O) groups excluding carboxylic acids is 1. The first kappa shape index (κ1) is 15.5. The SMILES string of the molecule is COCCOc1ccc(C(=O)c2sccc2Cl)cc1Br. The van der Waals surface area contributed by atoms with Crippen molar-refractivity contribution in [3.05, 3.63) is 49.6 Å². The van der Waals surface area contributed by atoms with E-state index in [1.807, 2.05) is 0 Å². The number of ketones is 1. The summed E-state index contributed by atoms with van der Waals surface area (Å²) in [5.74, 6) is 0.588. The summed E-state index contributed by atoms with van der Waals surface area (Å²) in [6, 6.07) is 6.94. The van der Waals surface area contributed by atoms with Gasteiger partial charge in [-0.15, -0.1) is 11.3 Å². The van der Waals surface area contributed by atoms with Gasteiger partial charge in [-0.2, -0.15) is 0 Å². The van der Waals surface area contributed by atoms with E-state index in [1.54, 1.807) is 36.8 Å². The van der Waals surface area contributed by atoms with Crippen molar-refractivity contribution >= 4 is 44.7 Å². The number of ether oxygens (including phenoxy) is 2. The normalized spacial score (nSPS) is 10.6. The monoisotopic (exact) mass is 374 g/mol. The standard InChI is InChI=1S/C14H12BrClO3S/c1-18-5-6-19-12-3-2-9(8-10(12)15)13(17)14-11(16)4-7-20-14/h2-4,7-8H,5-6H2,1H3. The van der Waals surface area contributed by atoms with Crippen molar-refractivity contribution in [3.63, 3.8) is 0 Å². The minimum absolute atomic E-state index is 0.0888. The number of hydrogen-bond donors (Lipinski definition) is 0. The van der Waals surface area contributed by atoms with E-state index in [1.165, 1.54) is 11.3 Å². The lowest BCUT2D eigenvalue weighted by Crippen LogP contribution is -2.05. The molecule has 0 amide bonds. The summed E-state index contributed by atoms with van der Waals surface area (Å²) in [6.45, 7) is 0.969. The molecule has 0 atom stereocenters. The molecule has 0 aliphatic rings. The Morgan fingerprint density at radius 1 is 1.35 bits per heavy atom. The lowest BCUT2D eigenvalue weighted by Gasteiger charge is -2.08. The summed E-state index contributed by atoms with van der Waals surface area (Å²) >= 11 is 10.7. The largest absolute Gasteiger partial charge is 0.490 e. The molecule has 2 rings (SSSR count). The third-order valence-electron chi connectivity index (χ3n) is 2.56. The second kappa shape index (κ2) is 7.22. The Morgan fingerprint density at radius 2 is 2.15 bits per heavy atom.